The van der Waals surface area contributed by atoms with Crippen molar-refractivity contribution in [1.82, 2.24) is 72.9 Å². The van der Waals surface area contributed by atoms with Crippen LogP contribution in [0.2, 0.25) is 0 Å². The minimum atomic E-state index is -1.67. The Hall–Kier alpha value is -11.0. The summed E-state index contributed by atoms with van der Waals surface area (Å²) in [6.45, 7) is 4.68. The third-order valence-corrected chi connectivity index (χ3v) is 22.2. The lowest BCUT2D eigenvalue weighted by atomic mass is 10.1. The van der Waals surface area contributed by atoms with Crippen LogP contribution in [0.5, 0.6) is 0 Å². The molecule has 6 rings (SSSR count). The number of aromatic nitrogens is 2. The number of carboxylic acids is 2. The first-order chi connectivity index (χ1) is 53.6. The number of hydrogen-bond acceptors (Lipinski definition) is 22. The summed E-state index contributed by atoms with van der Waals surface area (Å²) in [4.78, 5) is 225. The van der Waals surface area contributed by atoms with E-state index in [4.69, 9.17) is 34.4 Å². The second kappa shape index (κ2) is 47.4. The van der Waals surface area contributed by atoms with Gasteiger partial charge >= 0.3 is 11.9 Å². The Labute approximate surface area is 665 Å². The Balaban J connectivity index is 0.000000404. The molecular formula is C69H100N22O18S4. The maximum absolute atomic E-state index is 14.1. The van der Waals surface area contributed by atoms with Crippen molar-refractivity contribution in [2.45, 2.75) is 165 Å². The van der Waals surface area contributed by atoms with Gasteiger partial charge in [0.05, 0.1) is 25.9 Å². The van der Waals surface area contributed by atoms with Crippen molar-refractivity contribution in [3.63, 3.8) is 0 Å². The molecular weight excluding hydrogens is 1550 g/mol. The summed E-state index contributed by atoms with van der Waals surface area (Å²) in [5.41, 5.74) is 35.8. The van der Waals surface area contributed by atoms with Crippen LogP contribution in [0.3, 0.4) is 0 Å². The zero-order valence-corrected chi connectivity index (χ0v) is 66.0. The number of unbranched alkanes of at least 4 members (excludes halogenated alkanes) is 2. The summed E-state index contributed by atoms with van der Waals surface area (Å²) < 4.78 is 0. The Bertz CT molecular complexity index is 4100. The smallest absolute Gasteiger partial charge is 0.305 e. The lowest BCUT2D eigenvalue weighted by molar-refractivity contribution is -0.144. The molecule has 0 radical (unpaired) electrons. The molecule has 0 spiro atoms. The average molecular weight is 1650 g/mol. The number of carbonyl (C=O) groups excluding carboxylic acids is 14. The number of primary amides is 2. The third-order valence-electron chi connectivity index (χ3n) is 17.4. The maximum atomic E-state index is 14.1. The van der Waals surface area contributed by atoms with E-state index in [1.54, 1.807) is 18.5 Å². The number of aromatic amines is 2. The average Bonchev–Trinajstić information content (AvgIpc) is 1.73. The summed E-state index contributed by atoms with van der Waals surface area (Å²) in [5.74, 6) is -13.3. The van der Waals surface area contributed by atoms with Crippen molar-refractivity contribution in [3.05, 3.63) is 72.1 Å². The summed E-state index contributed by atoms with van der Waals surface area (Å²) >= 11 is 0. The minimum absolute atomic E-state index is 0.00433. The van der Waals surface area contributed by atoms with Gasteiger partial charge in [-0.2, -0.15) is 0 Å². The van der Waals surface area contributed by atoms with Crippen molar-refractivity contribution in [3.8, 4) is 0 Å². The molecule has 0 aliphatic carbocycles. The van der Waals surface area contributed by atoms with Gasteiger partial charge < -0.3 is 118 Å². The molecule has 2 aliphatic rings. The number of hydrogen-bond donors (Lipinski definition) is 20. The number of rotatable bonds is 21. The predicted molar refractivity (Wildman–Crippen MR) is 425 cm³/mol. The van der Waals surface area contributed by atoms with Gasteiger partial charge in [-0.25, -0.2) is 0 Å². The molecule has 2 aromatic heterocycles. The molecule has 10 atom stereocenters. The normalized spacial score (nSPS) is 22.8. The number of nitrogens with one attached hydrogen (secondary N) is 12. The maximum Gasteiger partial charge on any atom is 0.305 e. The van der Waals surface area contributed by atoms with Crippen LogP contribution in [0.4, 0.5) is 0 Å². The summed E-state index contributed by atoms with van der Waals surface area (Å²) in [6, 6.07) is 1.95. The second-order valence-corrected chi connectivity index (χ2v) is 31.4. The lowest BCUT2D eigenvalue weighted by Crippen LogP contribution is -2.59. The molecule has 14 amide bonds. The number of para-hydroxylation sites is 2. The quantitative estimate of drug-likeness (QED) is 0.0165. The number of carboxylic acid groups (broad SMARTS) is 2. The standard InChI is InChI=1S/C35H51N11O9S2.C34H49N11O9S2/c1-19-34(55)46(13-10-21-16-40-23-8-4-3-7-22(21)23)20(2)31(52)45-26(30(36)51)18-57-56-14-11-27(47)43-24(9-5-6-12-39-35(37)38)32(53)41-17-28(48)44-25(15-29(49)50)33(54)42-19;1-18-33(54)45(16-20-14-39-22-8-4-3-7-21(20)22)19(2)30(51)44-25(29(35)50)17-56-55-12-10-26(46)42-23(9-5-6-11-38-34(36)37)31(52)40-15-27(47)43-24(13-28(48)49)32(53)41-18/h3-4,7-8,16,19-20,24-26,40H,5-6,9-15,17-18H2,1-2H3,(H2,36,51)(H,41,53)(H,42,54)(H,43,47)(H,44,48)(H,45,52)(H,49,50)(H4,37,38,39);3-4,7-8,14,18-19,23-25,39H,5-6,9-13,15-17H2,1-2H3,(H2,35,50)(H,40,52)(H,41,53)(H,42,46)(H,43,47)(H,44,51)(H,48,49)(H4,36,37,38)/t19-,20-,24-,25-,26-;18-,19-,23-,24-,25-/m00/s1. The van der Waals surface area contributed by atoms with Gasteiger partial charge in [-0.05, 0) is 95.9 Å². The first-order valence-electron chi connectivity index (χ1n) is 35.9. The van der Waals surface area contributed by atoms with Crippen LogP contribution in [0.1, 0.15) is 103 Å². The SMILES string of the molecule is C[C@@H]1NC(=O)[C@H](CC(=O)O)NC(=O)CNC(=O)[C@H](CCCCN=C(N)N)NC(=O)CCSSC[C@@H](C(N)=O)NC(=O)[C@H](C)N(CCc2c[nH]c3ccccc23)C1=O.C[C@@H]1NC(=O)[C@H](CC(=O)O)NC(=O)CNC(=O)[C@H](CCCCN=C(N)N)NC(=O)CCSSC[C@@H](C(N)=O)NC(=O)[C@H](C)N(Cc2c[nH]c3ccccc23)C1=O. The number of benzene rings is 2. The van der Waals surface area contributed by atoms with Gasteiger partial charge in [0.1, 0.15) is 60.4 Å². The van der Waals surface area contributed by atoms with E-state index in [2.05, 4.69) is 73.1 Å². The van der Waals surface area contributed by atoms with Crippen LogP contribution in [-0.4, -0.2) is 253 Å². The molecule has 2 aliphatic heterocycles. The van der Waals surface area contributed by atoms with Gasteiger partial charge in [0, 0.05) is 96.2 Å². The van der Waals surface area contributed by atoms with E-state index in [0.717, 1.165) is 27.4 Å². The van der Waals surface area contributed by atoms with Gasteiger partial charge in [0.15, 0.2) is 11.9 Å². The van der Waals surface area contributed by atoms with Crippen molar-refractivity contribution in [2.75, 3.05) is 55.7 Å². The number of amides is 14. The number of nitrogens with zero attached hydrogens (tertiary/aromatic N) is 4. The zero-order valence-electron chi connectivity index (χ0n) is 62.7. The molecule has 4 aromatic rings. The second-order valence-electron chi connectivity index (χ2n) is 26.1. The van der Waals surface area contributed by atoms with Gasteiger partial charge in [-0.3, -0.25) is 86.7 Å². The Morgan fingerprint density at radius 1 is 0.460 bits per heavy atom. The Morgan fingerprint density at radius 3 is 1.27 bits per heavy atom. The largest absolute Gasteiger partial charge is 0.481 e. The van der Waals surface area contributed by atoms with Gasteiger partial charge in [-0.1, -0.05) is 79.6 Å². The van der Waals surface area contributed by atoms with Crippen LogP contribution in [0.25, 0.3) is 21.8 Å². The van der Waals surface area contributed by atoms with Crippen molar-refractivity contribution in [1.29, 1.82) is 0 Å². The number of guanidine groups is 2. The van der Waals surface area contributed by atoms with Crippen molar-refractivity contribution in [2.24, 2.45) is 44.4 Å². The van der Waals surface area contributed by atoms with Crippen molar-refractivity contribution >= 4 is 172 Å². The molecule has 2 saturated heterocycles. The third kappa shape index (κ3) is 31.9. The molecule has 0 unspecified atom stereocenters. The number of H-pyrrole nitrogens is 2. The van der Waals surface area contributed by atoms with E-state index < -0.39 is 181 Å². The summed E-state index contributed by atoms with van der Waals surface area (Å²) in [7, 11) is 4.82. The van der Waals surface area contributed by atoms with Gasteiger partial charge in [0.2, 0.25) is 82.7 Å². The number of fused-ring (bicyclic) bond motifs is 2. The van der Waals surface area contributed by atoms with Crippen LogP contribution in [-0.2, 0) is 89.7 Å². The Kier molecular flexibility index (Phi) is 38.8. The predicted octanol–water partition coefficient (Wildman–Crippen LogP) is -3.66. The lowest BCUT2D eigenvalue weighted by Gasteiger charge is -2.32. The van der Waals surface area contributed by atoms with Gasteiger partial charge in [-0.15, -0.1) is 0 Å². The first-order valence-corrected chi connectivity index (χ1v) is 40.9. The number of nitrogens with two attached hydrogens (primary N) is 6. The van der Waals surface area contributed by atoms with E-state index in [-0.39, 0.29) is 93.2 Å². The minimum Gasteiger partial charge on any atom is -0.481 e. The molecule has 0 bridgehead atoms. The highest BCUT2D eigenvalue weighted by Crippen LogP contribution is 2.26. The first kappa shape index (κ1) is 92.6. The molecule has 40 nitrogen and oxygen atoms in total. The fraction of sp³-hybridized carbons (Fsp3) is 0.507. The van der Waals surface area contributed by atoms with Crippen LogP contribution in [0, 0.1) is 0 Å². The van der Waals surface area contributed by atoms with E-state index in [9.17, 15) is 86.9 Å². The van der Waals surface area contributed by atoms with E-state index in [1.807, 2.05) is 42.5 Å². The number of aliphatic carboxylic acids is 2. The highest BCUT2D eigenvalue weighted by molar-refractivity contribution is 8.77. The van der Waals surface area contributed by atoms with E-state index in [0.29, 0.717) is 31.2 Å². The molecule has 4 heterocycles. The summed E-state index contributed by atoms with van der Waals surface area (Å²) in [5, 5.41) is 45.5. The van der Waals surface area contributed by atoms with E-state index in [1.165, 1.54) is 80.7 Å². The summed E-state index contributed by atoms with van der Waals surface area (Å²) in [6.07, 6.45) is 4.06. The fourth-order valence-corrected chi connectivity index (χ4v) is 15.6. The molecule has 618 valence electrons. The molecule has 2 aromatic carbocycles. The Morgan fingerprint density at radius 2 is 0.850 bits per heavy atom. The number of aliphatic imine (C=N–C) groups is 2. The molecule has 44 heteroatoms. The topological polar surface area (TPSA) is 653 Å². The molecule has 113 heavy (non-hydrogen) atoms. The zero-order chi connectivity index (χ0) is 83.4. The molecule has 0 saturated carbocycles. The molecule has 2 fully saturated rings. The van der Waals surface area contributed by atoms with Crippen LogP contribution in [0.15, 0.2) is 70.9 Å². The fourth-order valence-electron chi connectivity index (χ4n) is 11.3. The highest BCUT2D eigenvalue weighted by atomic mass is 33.1. The van der Waals surface area contributed by atoms with Crippen molar-refractivity contribution < 1.29 is 86.9 Å². The number of carbonyl (C=O) groups is 16. The highest BCUT2D eigenvalue weighted by Gasteiger charge is 2.37. The molecule has 26 N–H and O–H groups in total. The van der Waals surface area contributed by atoms with Crippen LogP contribution < -0.4 is 87.6 Å². The van der Waals surface area contributed by atoms with E-state index >= 15 is 0 Å². The monoisotopic (exact) mass is 1650 g/mol. The van der Waals surface area contributed by atoms with Gasteiger partial charge in [0.25, 0.3) is 0 Å². The van der Waals surface area contributed by atoms with Crippen LogP contribution >= 0.6 is 43.2 Å².